The first kappa shape index (κ1) is 14.1. The van der Waals surface area contributed by atoms with Gasteiger partial charge in [0.2, 0.25) is 0 Å². The summed E-state index contributed by atoms with van der Waals surface area (Å²) in [5.74, 6) is 1.34. The zero-order chi connectivity index (χ0) is 12.8. The van der Waals surface area contributed by atoms with Crippen molar-refractivity contribution in [2.24, 2.45) is 5.92 Å². The van der Waals surface area contributed by atoms with Gasteiger partial charge < -0.3 is 0 Å². The van der Waals surface area contributed by atoms with Gasteiger partial charge in [0, 0.05) is 0 Å². The summed E-state index contributed by atoms with van der Waals surface area (Å²) in [4.78, 5) is 0. The average Bonchev–Trinajstić information content (AvgIpc) is 2.26. The monoisotopic (exact) mass is 228 g/mol. The van der Waals surface area contributed by atoms with Gasteiger partial charge in [0.05, 0.1) is 0 Å². The van der Waals surface area contributed by atoms with E-state index in [2.05, 4.69) is 58.5 Å². The molecule has 0 amide bonds. The summed E-state index contributed by atoms with van der Waals surface area (Å²) in [6.07, 6.45) is 2.24. The van der Waals surface area contributed by atoms with Crippen molar-refractivity contribution in [2.45, 2.75) is 46.4 Å². The minimum atomic E-state index is 0.607. The second-order valence-electron chi connectivity index (χ2n) is 5.73. The first-order valence-corrected chi connectivity index (χ1v) is 6.74. The normalized spacial score (nSPS) is 10.9. The van der Waals surface area contributed by atoms with Crippen LogP contribution in [-0.2, 0) is 6.42 Å². The molecule has 0 aromatic heterocycles. The van der Waals surface area contributed by atoms with Crippen LogP contribution in [0.25, 0.3) is 0 Å². The molecule has 0 atom stereocenters. The zero-order valence-electron chi connectivity index (χ0n) is 11.8. The molecule has 0 saturated heterocycles. The minimum Gasteiger partial charge on any atom is -0.0996 e. The third kappa shape index (κ3) is 5.25. The van der Waals surface area contributed by atoms with Gasteiger partial charge in [-0.15, -0.1) is 0 Å². The highest BCUT2D eigenvalue weighted by Gasteiger charge is 2.03. The Morgan fingerprint density at radius 1 is 1.12 bits per heavy atom. The molecule has 0 aliphatic carbocycles. The van der Waals surface area contributed by atoms with E-state index >= 15 is 0 Å². The molecule has 0 spiro atoms. The van der Waals surface area contributed by atoms with Crippen LogP contribution in [0.3, 0.4) is 0 Å². The molecule has 1 aromatic rings. The highest BCUT2D eigenvalue weighted by atomic mass is 14.1. The maximum atomic E-state index is 4.13. The van der Waals surface area contributed by atoms with Gasteiger partial charge in [-0.2, -0.15) is 0 Å². The van der Waals surface area contributed by atoms with Gasteiger partial charge in [-0.25, -0.2) is 0 Å². The SMILES string of the molecule is C=C(CCc1ccc(BC(C)C)cc1)C(C)C. The van der Waals surface area contributed by atoms with E-state index < -0.39 is 0 Å². The molecule has 0 saturated carbocycles. The Labute approximate surface area is 107 Å². The summed E-state index contributed by atoms with van der Waals surface area (Å²) in [5.41, 5.74) is 4.24. The van der Waals surface area contributed by atoms with E-state index in [-0.39, 0.29) is 0 Å². The summed E-state index contributed by atoms with van der Waals surface area (Å²) in [7, 11) is 1.18. The Morgan fingerprint density at radius 2 is 1.71 bits per heavy atom. The topological polar surface area (TPSA) is 0 Å². The van der Waals surface area contributed by atoms with Crippen molar-refractivity contribution in [3.05, 3.63) is 42.0 Å². The fourth-order valence-corrected chi connectivity index (χ4v) is 1.91. The minimum absolute atomic E-state index is 0.607. The van der Waals surface area contributed by atoms with Gasteiger partial charge in [-0.05, 0) is 24.3 Å². The molecular weight excluding hydrogens is 203 g/mol. The molecule has 17 heavy (non-hydrogen) atoms. The molecular formula is C16H25B. The van der Waals surface area contributed by atoms with Crippen LogP contribution in [0.5, 0.6) is 0 Å². The van der Waals surface area contributed by atoms with Gasteiger partial charge in [-0.1, -0.05) is 75.4 Å². The van der Waals surface area contributed by atoms with Crippen molar-refractivity contribution in [3.8, 4) is 0 Å². The summed E-state index contributed by atoms with van der Waals surface area (Å²) in [6, 6.07) is 9.08. The van der Waals surface area contributed by atoms with E-state index in [0.717, 1.165) is 18.7 Å². The van der Waals surface area contributed by atoms with Crippen LogP contribution in [0.2, 0.25) is 5.82 Å². The van der Waals surface area contributed by atoms with E-state index in [0.29, 0.717) is 5.92 Å². The quantitative estimate of drug-likeness (QED) is 0.514. The molecule has 0 heterocycles. The molecule has 1 heteroatoms. The van der Waals surface area contributed by atoms with Crippen LogP contribution >= 0.6 is 0 Å². The molecule has 0 nitrogen and oxygen atoms in total. The largest absolute Gasteiger partial charge is 0.160 e. The van der Waals surface area contributed by atoms with Crippen LogP contribution in [0.1, 0.15) is 39.7 Å². The summed E-state index contributed by atoms with van der Waals surface area (Å²) >= 11 is 0. The van der Waals surface area contributed by atoms with Crippen molar-refractivity contribution in [3.63, 3.8) is 0 Å². The number of benzene rings is 1. The van der Waals surface area contributed by atoms with Gasteiger partial charge in [-0.3, -0.25) is 0 Å². The Balaban J connectivity index is 2.48. The highest BCUT2D eigenvalue weighted by molar-refractivity contribution is 6.54. The summed E-state index contributed by atoms with van der Waals surface area (Å²) in [5, 5.41) is 0. The third-order valence-corrected chi connectivity index (χ3v) is 3.22. The second kappa shape index (κ2) is 6.69. The lowest BCUT2D eigenvalue weighted by Crippen LogP contribution is -2.16. The number of hydrogen-bond acceptors (Lipinski definition) is 0. The first-order valence-electron chi connectivity index (χ1n) is 6.74. The summed E-state index contributed by atoms with van der Waals surface area (Å²) in [6.45, 7) is 13.1. The van der Waals surface area contributed by atoms with Gasteiger partial charge in [0.1, 0.15) is 0 Å². The Hall–Kier alpha value is -0.975. The van der Waals surface area contributed by atoms with Crippen LogP contribution in [0.4, 0.5) is 0 Å². The van der Waals surface area contributed by atoms with Crippen molar-refractivity contribution < 1.29 is 0 Å². The van der Waals surface area contributed by atoms with Gasteiger partial charge in [0.25, 0.3) is 0 Å². The molecule has 0 radical (unpaired) electrons. The van der Waals surface area contributed by atoms with E-state index in [1.165, 1.54) is 23.9 Å². The predicted molar refractivity (Wildman–Crippen MR) is 80.6 cm³/mol. The van der Waals surface area contributed by atoms with Gasteiger partial charge >= 0.3 is 0 Å². The van der Waals surface area contributed by atoms with Crippen molar-refractivity contribution in [1.29, 1.82) is 0 Å². The van der Waals surface area contributed by atoms with Crippen LogP contribution < -0.4 is 5.46 Å². The Kier molecular flexibility index (Phi) is 5.54. The second-order valence-corrected chi connectivity index (χ2v) is 5.73. The van der Waals surface area contributed by atoms with E-state index in [9.17, 15) is 0 Å². The Bertz CT molecular complexity index is 346. The van der Waals surface area contributed by atoms with Crippen molar-refractivity contribution in [1.82, 2.24) is 0 Å². The van der Waals surface area contributed by atoms with Crippen LogP contribution in [-0.4, -0.2) is 7.28 Å². The molecule has 1 rings (SSSR count). The lowest BCUT2D eigenvalue weighted by Gasteiger charge is -2.09. The lowest BCUT2D eigenvalue weighted by molar-refractivity contribution is 0.714. The van der Waals surface area contributed by atoms with E-state index in [1.54, 1.807) is 0 Å². The fourth-order valence-electron chi connectivity index (χ4n) is 1.91. The van der Waals surface area contributed by atoms with E-state index in [4.69, 9.17) is 0 Å². The van der Waals surface area contributed by atoms with Crippen LogP contribution in [0.15, 0.2) is 36.4 Å². The number of aryl methyl sites for hydroxylation is 1. The first-order chi connectivity index (χ1) is 7.99. The molecule has 0 aliphatic heterocycles. The molecule has 0 fully saturated rings. The van der Waals surface area contributed by atoms with Crippen molar-refractivity contribution >= 4 is 12.7 Å². The molecule has 0 unspecified atom stereocenters. The number of hydrogen-bond donors (Lipinski definition) is 0. The molecule has 0 N–H and O–H groups in total. The lowest BCUT2D eigenvalue weighted by atomic mass is 9.61. The van der Waals surface area contributed by atoms with Crippen molar-refractivity contribution in [2.75, 3.05) is 0 Å². The number of rotatable bonds is 6. The highest BCUT2D eigenvalue weighted by Crippen LogP contribution is 2.14. The standard InChI is InChI=1S/C16H25B/c1-12(2)14(5)6-7-15-8-10-16(11-9-15)17-13(3)4/h8-13,17H,5-7H2,1-4H3. The molecule has 0 bridgehead atoms. The van der Waals surface area contributed by atoms with E-state index in [1.807, 2.05) is 0 Å². The Morgan fingerprint density at radius 3 is 2.18 bits per heavy atom. The van der Waals surface area contributed by atoms with Crippen LogP contribution in [0, 0.1) is 5.92 Å². The predicted octanol–water partition coefficient (Wildman–Crippen LogP) is 3.72. The molecule has 92 valence electrons. The molecule has 1 aromatic carbocycles. The average molecular weight is 228 g/mol. The third-order valence-electron chi connectivity index (χ3n) is 3.22. The maximum absolute atomic E-state index is 4.13. The zero-order valence-corrected chi connectivity index (χ0v) is 11.8. The summed E-state index contributed by atoms with van der Waals surface area (Å²) < 4.78 is 0. The molecule has 0 aliphatic rings. The fraction of sp³-hybridized carbons (Fsp3) is 0.500. The number of allylic oxidation sites excluding steroid dienone is 1. The smallest absolute Gasteiger partial charge is 0.0996 e. The van der Waals surface area contributed by atoms with Gasteiger partial charge in [0.15, 0.2) is 7.28 Å². The maximum Gasteiger partial charge on any atom is 0.160 e.